The first-order valence-electron chi connectivity index (χ1n) is 4.67. The van der Waals surface area contributed by atoms with Crippen molar-refractivity contribution in [3.63, 3.8) is 0 Å². The van der Waals surface area contributed by atoms with Gasteiger partial charge in [0.2, 0.25) is 0 Å². The van der Waals surface area contributed by atoms with E-state index >= 15 is 0 Å². The predicted molar refractivity (Wildman–Crippen MR) is 71.1 cm³/mol. The highest BCUT2D eigenvalue weighted by Gasteiger charge is 2.00. The molecule has 0 unspecified atom stereocenters. The first-order valence-corrected chi connectivity index (χ1v) is 4.67. The lowest BCUT2D eigenvalue weighted by Crippen LogP contribution is -2.00. The van der Waals surface area contributed by atoms with E-state index in [4.69, 9.17) is 10.2 Å². The minimum atomic E-state index is -1.08. The Morgan fingerprint density at radius 3 is 1.61 bits per heavy atom. The molecule has 0 spiro atoms. The lowest BCUT2D eigenvalue weighted by molar-refractivity contribution is -0.143. The molecule has 0 aromatic heterocycles. The maximum atomic E-state index is 9.64. The molecule has 0 atom stereocenters. The summed E-state index contributed by atoms with van der Waals surface area (Å²) in [6, 6.07) is 10.0. The second-order valence-corrected chi connectivity index (χ2v) is 2.90. The Morgan fingerprint density at radius 2 is 1.39 bits per heavy atom. The van der Waals surface area contributed by atoms with E-state index in [1.807, 2.05) is 36.4 Å². The van der Waals surface area contributed by atoms with E-state index in [-0.39, 0.29) is 25.1 Å². The maximum Gasteiger partial charge on any atom is 0.303 e. The molecule has 6 heteroatoms. The number of aliphatic carboxylic acids is 2. The van der Waals surface area contributed by atoms with Gasteiger partial charge in [-0.3, -0.25) is 9.59 Å². The number of carbonyl (C=O) groups is 2. The monoisotopic (exact) mass is 256 g/mol. The summed E-state index contributed by atoms with van der Waals surface area (Å²) in [4.78, 5) is 19.3. The molecular weight excluding hydrogens is 236 g/mol. The van der Waals surface area contributed by atoms with E-state index in [1.54, 1.807) is 0 Å². The molecule has 0 bridgehead atoms. The molecule has 0 aliphatic rings. The second-order valence-electron chi connectivity index (χ2n) is 2.90. The highest BCUT2D eigenvalue weighted by atomic mass is 16.4. The van der Waals surface area contributed by atoms with Crippen molar-refractivity contribution in [2.75, 3.05) is 0 Å². The number of hydrogen-bond acceptors (Lipinski definition) is 4. The molecule has 0 amide bonds. The van der Waals surface area contributed by atoms with Crippen molar-refractivity contribution in [3.8, 4) is 0 Å². The van der Waals surface area contributed by atoms with Crippen LogP contribution in [0.4, 0.5) is 0 Å². The molecule has 0 fully saturated rings. The van der Waals surface area contributed by atoms with Crippen LogP contribution >= 0.6 is 0 Å². The number of carboxylic acids is 2. The molecule has 18 heavy (non-hydrogen) atoms. The maximum absolute atomic E-state index is 9.64. The lowest BCUT2D eigenvalue weighted by atomic mass is 10.2. The molecule has 102 valence electrons. The van der Waals surface area contributed by atoms with Crippen LogP contribution in [0.15, 0.2) is 36.9 Å². The Bertz CT molecular complexity index is 338. The predicted octanol–water partition coefficient (Wildman–Crippen LogP) is 2.59. The second kappa shape index (κ2) is 12.9. The third kappa shape index (κ3) is 13.8. The van der Waals surface area contributed by atoms with Crippen LogP contribution in [0.25, 0.3) is 6.08 Å². The summed E-state index contributed by atoms with van der Waals surface area (Å²) in [6.07, 6.45) is 1.24. The smallest absolute Gasteiger partial charge is 0.303 e. The zero-order chi connectivity index (χ0) is 12.4. The summed E-state index contributed by atoms with van der Waals surface area (Å²) in [6.45, 7) is 3.63. The highest BCUT2D eigenvalue weighted by molar-refractivity contribution is 5.75. The number of benzene rings is 1. The molecule has 1 rings (SSSR count). The van der Waals surface area contributed by atoms with Gasteiger partial charge in [-0.15, -0.1) is 0 Å². The summed E-state index contributed by atoms with van der Waals surface area (Å²) < 4.78 is 0. The van der Waals surface area contributed by atoms with Crippen molar-refractivity contribution in [2.24, 2.45) is 0 Å². The van der Waals surface area contributed by atoms with Crippen LogP contribution in [0.1, 0.15) is 18.4 Å². The van der Waals surface area contributed by atoms with Gasteiger partial charge in [-0.1, -0.05) is 43.0 Å². The Balaban J connectivity index is -0.000000225. The van der Waals surface area contributed by atoms with Crippen LogP contribution in [-0.4, -0.2) is 22.2 Å². The summed E-state index contributed by atoms with van der Waals surface area (Å²) in [5.74, 6) is -2.15. The topological polar surface area (TPSA) is 145 Å². The standard InChI is InChI=1S/C8H8.C4H6O4.2H3N/c1-2-8-6-4-3-5-7-8;5-3(6)1-2-4(7)8;;/h2-7H,1H2;1-2H2,(H,5,6)(H,7,8);2*1H3. The fourth-order valence-electron chi connectivity index (χ4n) is 0.803. The molecule has 0 aliphatic carbocycles. The first kappa shape index (κ1) is 21.1. The minimum absolute atomic E-state index is 0. The molecule has 0 radical (unpaired) electrons. The summed E-state index contributed by atoms with van der Waals surface area (Å²) in [5, 5.41) is 15.8. The van der Waals surface area contributed by atoms with E-state index in [9.17, 15) is 9.59 Å². The summed E-state index contributed by atoms with van der Waals surface area (Å²) in [5.41, 5.74) is 1.17. The Labute approximate surface area is 106 Å². The van der Waals surface area contributed by atoms with Gasteiger partial charge in [0.1, 0.15) is 0 Å². The Morgan fingerprint density at radius 1 is 1.00 bits per heavy atom. The summed E-state index contributed by atoms with van der Waals surface area (Å²) >= 11 is 0. The van der Waals surface area contributed by atoms with Gasteiger partial charge in [0.25, 0.3) is 0 Å². The molecule has 0 saturated carbocycles. The largest absolute Gasteiger partial charge is 0.481 e. The van der Waals surface area contributed by atoms with Gasteiger partial charge < -0.3 is 22.5 Å². The van der Waals surface area contributed by atoms with Crippen molar-refractivity contribution in [2.45, 2.75) is 12.8 Å². The van der Waals surface area contributed by atoms with Gasteiger partial charge in [-0.2, -0.15) is 0 Å². The van der Waals surface area contributed by atoms with Crippen molar-refractivity contribution < 1.29 is 19.8 Å². The summed E-state index contributed by atoms with van der Waals surface area (Å²) in [7, 11) is 0. The normalized spacial score (nSPS) is 7.56. The van der Waals surface area contributed by atoms with E-state index in [2.05, 4.69) is 6.58 Å². The molecule has 0 saturated heterocycles. The van der Waals surface area contributed by atoms with E-state index < -0.39 is 11.9 Å². The average molecular weight is 256 g/mol. The number of rotatable bonds is 4. The van der Waals surface area contributed by atoms with Gasteiger partial charge in [0.05, 0.1) is 12.8 Å². The quantitative estimate of drug-likeness (QED) is 0.651. The van der Waals surface area contributed by atoms with Crippen LogP contribution in [0.5, 0.6) is 0 Å². The van der Waals surface area contributed by atoms with Crippen molar-refractivity contribution in [3.05, 3.63) is 42.5 Å². The lowest BCUT2D eigenvalue weighted by Gasteiger charge is -1.85. The third-order valence-corrected chi connectivity index (χ3v) is 1.59. The van der Waals surface area contributed by atoms with E-state index in [1.165, 1.54) is 5.56 Å². The van der Waals surface area contributed by atoms with Crippen LogP contribution in [0, 0.1) is 0 Å². The van der Waals surface area contributed by atoms with Crippen LogP contribution in [0.3, 0.4) is 0 Å². The van der Waals surface area contributed by atoms with Crippen LogP contribution in [0.2, 0.25) is 0 Å². The molecule has 1 aromatic carbocycles. The van der Waals surface area contributed by atoms with Gasteiger partial charge in [-0.05, 0) is 5.56 Å². The fourth-order valence-corrected chi connectivity index (χ4v) is 0.803. The molecule has 0 aliphatic heterocycles. The molecule has 8 N–H and O–H groups in total. The zero-order valence-electron chi connectivity index (χ0n) is 10.2. The highest BCUT2D eigenvalue weighted by Crippen LogP contribution is 1.97. The van der Waals surface area contributed by atoms with E-state index in [0.29, 0.717) is 0 Å². The van der Waals surface area contributed by atoms with E-state index in [0.717, 1.165) is 0 Å². The molecule has 6 nitrogen and oxygen atoms in total. The van der Waals surface area contributed by atoms with Gasteiger partial charge in [0.15, 0.2) is 0 Å². The van der Waals surface area contributed by atoms with Crippen LogP contribution < -0.4 is 12.3 Å². The van der Waals surface area contributed by atoms with Gasteiger partial charge in [-0.25, -0.2) is 0 Å². The third-order valence-electron chi connectivity index (χ3n) is 1.59. The average Bonchev–Trinajstić information content (AvgIpc) is 2.28. The Hall–Kier alpha value is -2.18. The Kier molecular flexibility index (Phi) is 15.1. The molecular formula is C12H20N2O4. The first-order chi connectivity index (χ1) is 7.56. The zero-order valence-corrected chi connectivity index (χ0v) is 10.2. The molecule has 1 aromatic rings. The SMILES string of the molecule is C=Cc1ccccc1.N.N.O=C(O)CCC(=O)O. The number of hydrogen-bond donors (Lipinski definition) is 4. The minimum Gasteiger partial charge on any atom is -0.481 e. The molecule has 0 heterocycles. The van der Waals surface area contributed by atoms with Gasteiger partial charge in [0, 0.05) is 0 Å². The van der Waals surface area contributed by atoms with Crippen molar-refractivity contribution in [1.29, 1.82) is 0 Å². The van der Waals surface area contributed by atoms with Crippen molar-refractivity contribution in [1.82, 2.24) is 12.3 Å². The van der Waals surface area contributed by atoms with Gasteiger partial charge >= 0.3 is 11.9 Å². The van der Waals surface area contributed by atoms with Crippen LogP contribution in [-0.2, 0) is 9.59 Å². The number of carboxylic acid groups (broad SMARTS) is 2. The fraction of sp³-hybridized carbons (Fsp3) is 0.167. The van der Waals surface area contributed by atoms with Crippen molar-refractivity contribution >= 4 is 18.0 Å².